The van der Waals surface area contributed by atoms with Gasteiger partial charge in [-0.25, -0.2) is 10.8 Å². The van der Waals surface area contributed by atoms with Crippen molar-refractivity contribution in [2.45, 2.75) is 13.8 Å². The Balaban J connectivity index is 2.32. The summed E-state index contributed by atoms with van der Waals surface area (Å²) in [6.45, 7) is 3.92. The Morgan fingerprint density at radius 1 is 1.30 bits per heavy atom. The normalized spacial score (nSPS) is 10.2. The maximum absolute atomic E-state index is 12.3. The first-order valence-electron chi connectivity index (χ1n) is 6.02. The number of aromatic nitrogens is 1. The number of carbonyl (C=O) groups excluding carboxylic acids is 1. The van der Waals surface area contributed by atoms with E-state index < -0.39 is 0 Å². The zero-order chi connectivity index (χ0) is 14.7. The van der Waals surface area contributed by atoms with Crippen LogP contribution in [0.1, 0.15) is 21.5 Å². The standard InChI is InChI=1S/C14H15BrN4O/c1-8-3-4-9(2)12(5-8)18-14(20)11-6-10(15)7-17-13(11)19-16/h3-7H,16H2,1-2H3,(H,17,19)(H,18,20). The predicted octanol–water partition coefficient (Wildman–Crippen LogP) is 3.00. The Morgan fingerprint density at radius 2 is 2.05 bits per heavy atom. The van der Waals surface area contributed by atoms with E-state index in [1.165, 1.54) is 0 Å². The minimum absolute atomic E-state index is 0.263. The Morgan fingerprint density at radius 3 is 2.75 bits per heavy atom. The highest BCUT2D eigenvalue weighted by Gasteiger charge is 2.14. The maximum Gasteiger partial charge on any atom is 0.259 e. The third kappa shape index (κ3) is 3.15. The van der Waals surface area contributed by atoms with Crippen LogP contribution in [0.15, 0.2) is 34.9 Å². The molecule has 5 nitrogen and oxygen atoms in total. The molecule has 1 amide bonds. The van der Waals surface area contributed by atoms with E-state index in [2.05, 4.69) is 31.7 Å². The smallest absolute Gasteiger partial charge is 0.259 e. The van der Waals surface area contributed by atoms with Crippen molar-refractivity contribution in [3.8, 4) is 0 Å². The molecule has 0 aliphatic carbocycles. The Labute approximate surface area is 125 Å². The van der Waals surface area contributed by atoms with Crippen molar-refractivity contribution in [3.63, 3.8) is 0 Å². The van der Waals surface area contributed by atoms with Crippen molar-refractivity contribution in [3.05, 3.63) is 51.6 Å². The number of nitrogens with one attached hydrogen (secondary N) is 2. The number of hydrogen-bond donors (Lipinski definition) is 3. The predicted molar refractivity (Wildman–Crippen MR) is 83.6 cm³/mol. The number of anilines is 2. The van der Waals surface area contributed by atoms with E-state index >= 15 is 0 Å². The summed E-state index contributed by atoms with van der Waals surface area (Å²) in [5.41, 5.74) is 5.65. The van der Waals surface area contributed by atoms with Crippen LogP contribution in [-0.2, 0) is 0 Å². The fraction of sp³-hybridized carbons (Fsp3) is 0.143. The van der Waals surface area contributed by atoms with Crippen molar-refractivity contribution in [2.24, 2.45) is 5.84 Å². The summed E-state index contributed by atoms with van der Waals surface area (Å²) in [5, 5.41) is 2.87. The van der Waals surface area contributed by atoms with Crippen molar-refractivity contribution < 1.29 is 4.79 Å². The van der Waals surface area contributed by atoms with Gasteiger partial charge in [0.2, 0.25) is 0 Å². The van der Waals surface area contributed by atoms with E-state index in [0.29, 0.717) is 15.9 Å². The SMILES string of the molecule is Cc1ccc(C)c(NC(=O)c2cc(Br)cnc2NN)c1. The highest BCUT2D eigenvalue weighted by molar-refractivity contribution is 9.10. The highest BCUT2D eigenvalue weighted by Crippen LogP contribution is 2.21. The number of hydrogen-bond acceptors (Lipinski definition) is 4. The molecular formula is C14H15BrN4O. The van der Waals surface area contributed by atoms with Gasteiger partial charge < -0.3 is 10.7 Å². The maximum atomic E-state index is 12.3. The van der Waals surface area contributed by atoms with E-state index in [4.69, 9.17) is 5.84 Å². The topological polar surface area (TPSA) is 80.0 Å². The summed E-state index contributed by atoms with van der Waals surface area (Å²) in [5.74, 6) is 5.44. The molecule has 0 unspecified atom stereocenters. The molecule has 1 aromatic heterocycles. The van der Waals surface area contributed by atoms with Gasteiger partial charge in [-0.15, -0.1) is 0 Å². The quantitative estimate of drug-likeness (QED) is 0.595. The number of nitrogens with zero attached hydrogens (tertiary/aromatic N) is 1. The minimum atomic E-state index is -0.263. The molecule has 20 heavy (non-hydrogen) atoms. The fourth-order valence-electron chi connectivity index (χ4n) is 1.79. The summed E-state index contributed by atoms with van der Waals surface area (Å²) in [6.07, 6.45) is 1.57. The van der Waals surface area contributed by atoms with E-state index in [1.807, 2.05) is 32.0 Å². The molecule has 2 aromatic rings. The van der Waals surface area contributed by atoms with Crippen LogP contribution in [-0.4, -0.2) is 10.9 Å². The number of hydrazine groups is 1. The van der Waals surface area contributed by atoms with Crippen molar-refractivity contribution >= 4 is 33.3 Å². The van der Waals surface area contributed by atoms with Gasteiger partial charge in [0.05, 0.1) is 5.56 Å². The molecule has 0 saturated carbocycles. The lowest BCUT2D eigenvalue weighted by Gasteiger charge is -2.11. The van der Waals surface area contributed by atoms with Gasteiger partial charge in [0.1, 0.15) is 0 Å². The van der Waals surface area contributed by atoms with Gasteiger partial charge in [0.25, 0.3) is 5.91 Å². The largest absolute Gasteiger partial charge is 0.322 e. The summed E-state index contributed by atoms with van der Waals surface area (Å²) < 4.78 is 0.711. The molecule has 0 aliphatic rings. The van der Waals surface area contributed by atoms with Gasteiger partial charge in [-0.1, -0.05) is 12.1 Å². The average Bonchev–Trinajstić information content (AvgIpc) is 2.42. The van der Waals surface area contributed by atoms with Crippen LogP contribution in [0.5, 0.6) is 0 Å². The molecule has 0 atom stereocenters. The third-order valence-corrected chi connectivity index (χ3v) is 3.31. The monoisotopic (exact) mass is 334 g/mol. The average molecular weight is 335 g/mol. The molecule has 0 fully saturated rings. The van der Waals surface area contributed by atoms with Crippen LogP contribution in [0, 0.1) is 13.8 Å². The molecule has 0 aliphatic heterocycles. The van der Waals surface area contributed by atoms with Gasteiger partial charge in [-0.3, -0.25) is 4.79 Å². The zero-order valence-corrected chi connectivity index (χ0v) is 12.8. The van der Waals surface area contributed by atoms with Crippen molar-refractivity contribution in [1.29, 1.82) is 0 Å². The molecule has 0 saturated heterocycles. The van der Waals surface area contributed by atoms with E-state index in [1.54, 1.807) is 12.3 Å². The number of pyridine rings is 1. The van der Waals surface area contributed by atoms with Gasteiger partial charge >= 0.3 is 0 Å². The second-order valence-electron chi connectivity index (χ2n) is 4.47. The fourth-order valence-corrected chi connectivity index (χ4v) is 2.12. The number of aryl methyl sites for hydroxylation is 2. The molecule has 1 aromatic carbocycles. The number of carbonyl (C=O) groups is 1. The molecule has 6 heteroatoms. The van der Waals surface area contributed by atoms with Crippen LogP contribution in [0.4, 0.5) is 11.5 Å². The number of benzene rings is 1. The van der Waals surface area contributed by atoms with Crippen molar-refractivity contribution in [1.82, 2.24) is 4.98 Å². The minimum Gasteiger partial charge on any atom is -0.322 e. The number of nitrogen functional groups attached to an aromatic ring is 1. The van der Waals surface area contributed by atoms with Crippen LogP contribution < -0.4 is 16.6 Å². The van der Waals surface area contributed by atoms with Gasteiger partial charge in [-0.2, -0.15) is 0 Å². The Bertz CT molecular complexity index is 658. The molecule has 0 bridgehead atoms. The summed E-state index contributed by atoms with van der Waals surface area (Å²) in [7, 11) is 0. The van der Waals surface area contributed by atoms with Crippen LogP contribution in [0.3, 0.4) is 0 Å². The van der Waals surface area contributed by atoms with Crippen LogP contribution in [0.25, 0.3) is 0 Å². The lowest BCUT2D eigenvalue weighted by molar-refractivity contribution is 0.102. The molecule has 4 N–H and O–H groups in total. The first kappa shape index (κ1) is 14.5. The van der Waals surface area contributed by atoms with Gasteiger partial charge in [0.15, 0.2) is 5.82 Å². The van der Waals surface area contributed by atoms with Gasteiger partial charge in [0, 0.05) is 16.4 Å². The number of nitrogens with two attached hydrogens (primary N) is 1. The zero-order valence-electron chi connectivity index (χ0n) is 11.2. The summed E-state index contributed by atoms with van der Waals surface area (Å²) in [6, 6.07) is 7.56. The van der Waals surface area contributed by atoms with Crippen LogP contribution in [0.2, 0.25) is 0 Å². The first-order valence-corrected chi connectivity index (χ1v) is 6.81. The lowest BCUT2D eigenvalue weighted by Crippen LogP contribution is -2.18. The summed E-state index contributed by atoms with van der Waals surface area (Å²) >= 11 is 3.29. The van der Waals surface area contributed by atoms with E-state index in [0.717, 1.165) is 16.8 Å². The highest BCUT2D eigenvalue weighted by atomic mass is 79.9. The van der Waals surface area contributed by atoms with E-state index in [9.17, 15) is 4.79 Å². The second-order valence-corrected chi connectivity index (χ2v) is 5.38. The number of rotatable bonds is 3. The second kappa shape index (κ2) is 6.02. The lowest BCUT2D eigenvalue weighted by atomic mass is 10.1. The summed E-state index contributed by atoms with van der Waals surface area (Å²) in [4.78, 5) is 16.4. The van der Waals surface area contributed by atoms with Crippen LogP contribution >= 0.6 is 15.9 Å². The Hall–Kier alpha value is -1.92. The van der Waals surface area contributed by atoms with Gasteiger partial charge in [-0.05, 0) is 53.0 Å². The number of halogens is 1. The van der Waals surface area contributed by atoms with E-state index in [-0.39, 0.29) is 5.91 Å². The molecular weight excluding hydrogens is 320 g/mol. The molecule has 2 rings (SSSR count). The molecule has 0 radical (unpaired) electrons. The van der Waals surface area contributed by atoms with Crippen molar-refractivity contribution in [2.75, 3.05) is 10.7 Å². The third-order valence-electron chi connectivity index (χ3n) is 2.88. The molecule has 104 valence electrons. The molecule has 0 spiro atoms. The Kier molecular flexibility index (Phi) is 4.36. The first-order chi connectivity index (χ1) is 9.51. The number of amides is 1. The molecule has 1 heterocycles.